The maximum absolute atomic E-state index is 12.8. The molecule has 2 aromatic heterocycles. The van der Waals surface area contributed by atoms with E-state index in [0.29, 0.717) is 28.8 Å². The third-order valence-corrected chi connectivity index (χ3v) is 4.95. The fraction of sp³-hybridized carbons (Fsp3) is 0.350. The van der Waals surface area contributed by atoms with Crippen molar-refractivity contribution in [3.63, 3.8) is 0 Å². The standard InChI is InChI=1S/C20H22N2O4S/c1-4-25-18(23)7-8-26-13-5-6-14-15(10-21-16(14)9-13)19(24)20-22-17(11-27-20)12(2)3/h5-6,9-12,21H,4,7-8H2,1-3H3. The fourth-order valence-corrected chi connectivity index (χ4v) is 3.57. The summed E-state index contributed by atoms with van der Waals surface area (Å²) in [5.74, 6) is 0.550. The van der Waals surface area contributed by atoms with E-state index in [1.54, 1.807) is 19.2 Å². The molecule has 3 aromatic rings. The lowest BCUT2D eigenvalue weighted by Crippen LogP contribution is -2.09. The Morgan fingerprint density at radius 2 is 2.11 bits per heavy atom. The molecule has 0 aliphatic carbocycles. The summed E-state index contributed by atoms with van der Waals surface area (Å²) in [6, 6.07) is 5.45. The van der Waals surface area contributed by atoms with E-state index in [0.717, 1.165) is 16.6 Å². The molecule has 1 N–H and O–H groups in total. The van der Waals surface area contributed by atoms with Crippen LogP contribution >= 0.6 is 11.3 Å². The third-order valence-electron chi connectivity index (χ3n) is 4.09. The van der Waals surface area contributed by atoms with Gasteiger partial charge in [0.1, 0.15) is 5.75 Å². The number of aromatic nitrogens is 2. The van der Waals surface area contributed by atoms with E-state index in [9.17, 15) is 9.59 Å². The molecule has 0 unspecified atom stereocenters. The number of hydrogen-bond donors (Lipinski definition) is 1. The van der Waals surface area contributed by atoms with Crippen molar-refractivity contribution in [3.8, 4) is 5.75 Å². The van der Waals surface area contributed by atoms with Crippen LogP contribution in [0.4, 0.5) is 0 Å². The maximum atomic E-state index is 12.8. The highest BCUT2D eigenvalue weighted by Gasteiger charge is 2.18. The lowest BCUT2D eigenvalue weighted by Gasteiger charge is -2.06. The number of carbonyl (C=O) groups excluding carboxylic acids is 2. The van der Waals surface area contributed by atoms with Crippen LogP contribution in [0, 0.1) is 0 Å². The predicted octanol–water partition coefficient (Wildman–Crippen LogP) is 4.31. The van der Waals surface area contributed by atoms with Crippen molar-refractivity contribution >= 4 is 34.0 Å². The van der Waals surface area contributed by atoms with Crippen molar-refractivity contribution in [2.24, 2.45) is 0 Å². The molecule has 2 heterocycles. The number of carbonyl (C=O) groups is 2. The van der Waals surface area contributed by atoms with E-state index in [2.05, 4.69) is 23.8 Å². The molecule has 0 fully saturated rings. The average Bonchev–Trinajstić information content (AvgIpc) is 3.28. The molecule has 0 radical (unpaired) electrons. The Kier molecular flexibility index (Phi) is 5.91. The number of fused-ring (bicyclic) bond motifs is 1. The summed E-state index contributed by atoms with van der Waals surface area (Å²) in [5.41, 5.74) is 2.32. The van der Waals surface area contributed by atoms with Gasteiger partial charge in [-0.25, -0.2) is 4.98 Å². The molecule has 0 spiro atoms. The van der Waals surface area contributed by atoms with Crippen LogP contribution < -0.4 is 4.74 Å². The van der Waals surface area contributed by atoms with Gasteiger partial charge in [-0.15, -0.1) is 11.3 Å². The van der Waals surface area contributed by atoms with Crippen LogP contribution in [-0.2, 0) is 9.53 Å². The third kappa shape index (κ3) is 4.36. The lowest BCUT2D eigenvalue weighted by atomic mass is 10.1. The zero-order valence-electron chi connectivity index (χ0n) is 15.6. The van der Waals surface area contributed by atoms with Crippen LogP contribution in [-0.4, -0.2) is 34.9 Å². The number of thiazole rings is 1. The quantitative estimate of drug-likeness (QED) is 0.461. The Balaban J connectivity index is 1.73. The Labute approximate surface area is 161 Å². The number of ketones is 1. The Morgan fingerprint density at radius 1 is 1.30 bits per heavy atom. The second kappa shape index (κ2) is 8.35. The zero-order valence-corrected chi connectivity index (χ0v) is 16.4. The summed E-state index contributed by atoms with van der Waals surface area (Å²) in [5, 5.41) is 3.25. The van der Waals surface area contributed by atoms with Gasteiger partial charge < -0.3 is 14.5 Å². The topological polar surface area (TPSA) is 81.3 Å². The normalized spacial score (nSPS) is 11.1. The molecule has 3 rings (SSSR count). The van der Waals surface area contributed by atoms with E-state index in [1.807, 2.05) is 17.5 Å². The first kappa shape index (κ1) is 19.1. The van der Waals surface area contributed by atoms with Gasteiger partial charge in [0.2, 0.25) is 5.78 Å². The van der Waals surface area contributed by atoms with Crippen LogP contribution in [0.3, 0.4) is 0 Å². The molecule has 27 heavy (non-hydrogen) atoms. The van der Waals surface area contributed by atoms with Crippen molar-refractivity contribution in [2.45, 2.75) is 33.1 Å². The fourth-order valence-electron chi connectivity index (χ4n) is 2.64. The highest BCUT2D eigenvalue weighted by atomic mass is 32.1. The Bertz CT molecular complexity index is 958. The Hall–Kier alpha value is -2.67. The molecule has 0 aliphatic rings. The van der Waals surface area contributed by atoms with Gasteiger partial charge in [-0.2, -0.15) is 0 Å². The van der Waals surface area contributed by atoms with Gasteiger partial charge in [-0.05, 0) is 25.0 Å². The summed E-state index contributed by atoms with van der Waals surface area (Å²) >= 11 is 1.37. The summed E-state index contributed by atoms with van der Waals surface area (Å²) < 4.78 is 10.5. The molecule has 0 aliphatic heterocycles. The lowest BCUT2D eigenvalue weighted by molar-refractivity contribution is -0.143. The number of aromatic amines is 1. The molecule has 6 nitrogen and oxygen atoms in total. The van der Waals surface area contributed by atoms with Crippen molar-refractivity contribution in [1.29, 1.82) is 0 Å². The van der Waals surface area contributed by atoms with Gasteiger partial charge in [0.15, 0.2) is 5.01 Å². The molecule has 0 bridgehead atoms. The highest BCUT2D eigenvalue weighted by molar-refractivity contribution is 7.12. The minimum atomic E-state index is -0.282. The van der Waals surface area contributed by atoms with Crippen molar-refractivity contribution in [3.05, 3.63) is 46.0 Å². The van der Waals surface area contributed by atoms with E-state index >= 15 is 0 Å². The van der Waals surface area contributed by atoms with Crippen LogP contribution in [0.1, 0.15) is 54.2 Å². The van der Waals surface area contributed by atoms with Crippen LogP contribution in [0.15, 0.2) is 29.8 Å². The predicted molar refractivity (Wildman–Crippen MR) is 105 cm³/mol. The van der Waals surface area contributed by atoms with E-state index in [1.165, 1.54) is 11.3 Å². The maximum Gasteiger partial charge on any atom is 0.309 e. The molecule has 142 valence electrons. The first-order chi connectivity index (χ1) is 13.0. The van der Waals surface area contributed by atoms with Gasteiger partial charge in [-0.1, -0.05) is 13.8 Å². The number of nitrogens with zero attached hydrogens (tertiary/aromatic N) is 1. The first-order valence-electron chi connectivity index (χ1n) is 8.89. The average molecular weight is 386 g/mol. The van der Waals surface area contributed by atoms with Gasteiger partial charge in [0.25, 0.3) is 0 Å². The second-order valence-corrected chi connectivity index (χ2v) is 7.23. The van der Waals surface area contributed by atoms with Crippen LogP contribution in [0.25, 0.3) is 10.9 Å². The molecule has 0 amide bonds. The monoisotopic (exact) mass is 386 g/mol. The second-order valence-electron chi connectivity index (χ2n) is 6.37. The molecule has 0 atom stereocenters. The van der Waals surface area contributed by atoms with Gasteiger partial charge in [-0.3, -0.25) is 9.59 Å². The molecular weight excluding hydrogens is 364 g/mol. The number of ether oxygens (including phenoxy) is 2. The van der Waals surface area contributed by atoms with Crippen LogP contribution in [0.5, 0.6) is 5.75 Å². The zero-order chi connectivity index (χ0) is 19.4. The molecule has 0 saturated carbocycles. The number of esters is 1. The summed E-state index contributed by atoms with van der Waals surface area (Å²) in [6.45, 7) is 6.48. The van der Waals surface area contributed by atoms with Crippen LogP contribution in [0.2, 0.25) is 0 Å². The molecule has 7 heteroatoms. The van der Waals surface area contributed by atoms with E-state index in [-0.39, 0.29) is 24.8 Å². The number of hydrogen-bond acceptors (Lipinski definition) is 6. The first-order valence-corrected chi connectivity index (χ1v) is 9.77. The minimum Gasteiger partial charge on any atom is -0.493 e. The van der Waals surface area contributed by atoms with Crippen molar-refractivity contribution in [2.75, 3.05) is 13.2 Å². The molecular formula is C20H22N2O4S. The molecule has 0 saturated heterocycles. The Morgan fingerprint density at radius 3 is 2.81 bits per heavy atom. The number of nitrogens with one attached hydrogen (secondary N) is 1. The van der Waals surface area contributed by atoms with Crippen molar-refractivity contribution < 1.29 is 19.1 Å². The van der Waals surface area contributed by atoms with Gasteiger partial charge in [0.05, 0.1) is 30.9 Å². The van der Waals surface area contributed by atoms with Crippen molar-refractivity contribution in [1.82, 2.24) is 9.97 Å². The van der Waals surface area contributed by atoms with Gasteiger partial charge in [0, 0.05) is 28.5 Å². The smallest absolute Gasteiger partial charge is 0.309 e. The summed E-state index contributed by atoms with van der Waals surface area (Å²) in [4.78, 5) is 31.7. The van der Waals surface area contributed by atoms with E-state index < -0.39 is 0 Å². The summed E-state index contributed by atoms with van der Waals surface area (Å²) in [6.07, 6.45) is 1.90. The van der Waals surface area contributed by atoms with E-state index in [4.69, 9.17) is 9.47 Å². The minimum absolute atomic E-state index is 0.0888. The number of benzene rings is 1. The number of H-pyrrole nitrogens is 1. The summed E-state index contributed by atoms with van der Waals surface area (Å²) in [7, 11) is 0. The largest absolute Gasteiger partial charge is 0.493 e. The number of rotatable bonds is 8. The SMILES string of the molecule is CCOC(=O)CCOc1ccc2c(C(=O)c3nc(C(C)C)cs3)c[nH]c2c1. The highest BCUT2D eigenvalue weighted by Crippen LogP contribution is 2.27. The molecule has 1 aromatic carbocycles. The van der Waals surface area contributed by atoms with Gasteiger partial charge >= 0.3 is 5.97 Å².